The van der Waals surface area contributed by atoms with Crippen molar-refractivity contribution >= 4 is 40.9 Å². The van der Waals surface area contributed by atoms with Crippen LogP contribution in [-0.4, -0.2) is 36.0 Å². The van der Waals surface area contributed by atoms with Crippen molar-refractivity contribution in [1.82, 2.24) is 0 Å². The molecule has 0 radical (unpaired) electrons. The predicted molar refractivity (Wildman–Crippen MR) is 90.5 cm³/mol. The molecule has 2 nitrogen and oxygen atoms in total. The number of rotatable bonds is 2. The Morgan fingerprint density at radius 3 is 1.35 bits per heavy atom. The van der Waals surface area contributed by atoms with Crippen LogP contribution in [0.1, 0.15) is 0 Å². The Morgan fingerprint density at radius 1 is 0.900 bits per heavy atom. The van der Waals surface area contributed by atoms with E-state index in [1.165, 1.54) is 0 Å². The molecule has 0 amide bonds. The van der Waals surface area contributed by atoms with Crippen LogP contribution in [0.5, 0.6) is 0 Å². The Balaban J connectivity index is 0. The van der Waals surface area contributed by atoms with Crippen molar-refractivity contribution in [2.75, 3.05) is 0 Å². The molecular weight excluding hydrogens is 339 g/mol. The lowest BCUT2D eigenvalue weighted by molar-refractivity contribution is -0.0713. The van der Waals surface area contributed by atoms with Gasteiger partial charge >= 0.3 is 6.18 Å². The molecule has 0 aromatic heterocycles. The fraction of sp³-hybridized carbons (Fsp3) is 0.909. The van der Waals surface area contributed by atoms with Crippen LogP contribution in [0.2, 0.25) is 58.9 Å². The summed E-state index contributed by atoms with van der Waals surface area (Å²) >= 11 is 5.67. The summed E-state index contributed by atoms with van der Waals surface area (Å²) in [7, 11) is -5.56. The third-order valence-corrected chi connectivity index (χ3v) is 2.76. The molecule has 0 aliphatic rings. The number of hydrogen-bond donors (Lipinski definition) is 0. The zero-order valence-electron chi connectivity index (χ0n) is 13.9. The van der Waals surface area contributed by atoms with Gasteiger partial charge in [0.1, 0.15) is 7.38 Å². The van der Waals surface area contributed by atoms with Crippen LogP contribution in [0.15, 0.2) is 4.66 Å². The van der Waals surface area contributed by atoms with Crippen molar-refractivity contribution in [3.63, 3.8) is 0 Å². The quantitative estimate of drug-likeness (QED) is 0.266. The highest BCUT2D eigenvalue weighted by molar-refractivity contribution is 7.18. The maximum absolute atomic E-state index is 12.6. The van der Waals surface area contributed by atoms with Gasteiger partial charge in [0.15, 0.2) is 8.24 Å². The summed E-state index contributed by atoms with van der Waals surface area (Å²) in [4.78, 5) is 0. The molecule has 0 rings (SSSR count). The summed E-state index contributed by atoms with van der Waals surface area (Å²) in [5, 5.41) is 0. The Kier molecular flexibility index (Phi) is 8.38. The third kappa shape index (κ3) is 20.5. The van der Waals surface area contributed by atoms with E-state index in [2.05, 4.69) is 24.3 Å². The minimum Gasteiger partial charge on any atom is -0.529 e. The lowest BCUT2D eigenvalue weighted by Gasteiger charge is -2.24. The van der Waals surface area contributed by atoms with Gasteiger partial charge in [-0.2, -0.15) is 24.3 Å². The van der Waals surface area contributed by atoms with Crippen LogP contribution in [-0.2, 0) is 4.43 Å². The summed E-state index contributed by atoms with van der Waals surface area (Å²) in [5.74, 6) is -1.04. The standard InChI is InChI=1S/C8H18F3NOSi2.C3H9ClSi/c1-14(2,3)12-7(8(9,10)11)13-15(4,5)6;1-5(2,3)4/h1-6H3;1-3H3. The van der Waals surface area contributed by atoms with Crippen molar-refractivity contribution in [3.8, 4) is 0 Å². The summed E-state index contributed by atoms with van der Waals surface area (Å²) in [6.45, 7) is 16.6. The summed E-state index contributed by atoms with van der Waals surface area (Å²) < 4.78 is 46.4. The molecule has 0 aliphatic carbocycles. The van der Waals surface area contributed by atoms with E-state index in [9.17, 15) is 13.2 Å². The molecule has 0 aromatic rings. The molecular formula is C11H27ClF3NOSi3. The van der Waals surface area contributed by atoms with Crippen LogP contribution in [0.25, 0.3) is 0 Å². The van der Waals surface area contributed by atoms with Crippen LogP contribution in [0.4, 0.5) is 13.2 Å². The van der Waals surface area contributed by atoms with E-state index in [1.807, 2.05) is 0 Å². The SMILES string of the molecule is C[Si](C)(C)Cl.C[Si](C)(C)N=C(O[Si](C)(C)C)C(F)(F)F. The summed E-state index contributed by atoms with van der Waals surface area (Å²) in [6, 6.07) is 0. The molecule has 0 unspecified atom stereocenters. The minimum atomic E-state index is -4.47. The summed E-state index contributed by atoms with van der Waals surface area (Å²) in [6.07, 6.45) is -4.47. The van der Waals surface area contributed by atoms with Crippen molar-refractivity contribution in [2.24, 2.45) is 4.66 Å². The second kappa shape index (κ2) is 7.46. The second-order valence-electron chi connectivity index (χ2n) is 7.37. The average Bonchev–Trinajstić information content (AvgIpc) is 1.90. The largest absolute Gasteiger partial charge is 0.529 e. The molecule has 0 aromatic carbocycles. The van der Waals surface area contributed by atoms with Crippen molar-refractivity contribution in [1.29, 1.82) is 0 Å². The van der Waals surface area contributed by atoms with E-state index in [4.69, 9.17) is 15.5 Å². The van der Waals surface area contributed by atoms with Gasteiger partial charge in [0.25, 0.3) is 5.90 Å². The van der Waals surface area contributed by atoms with Gasteiger partial charge in [-0.3, -0.25) is 4.66 Å². The Bertz CT molecular complexity index is 322. The number of hydrogen-bond acceptors (Lipinski definition) is 2. The number of nitrogens with zero attached hydrogens (tertiary/aromatic N) is 1. The van der Waals surface area contributed by atoms with Crippen molar-refractivity contribution < 1.29 is 17.6 Å². The van der Waals surface area contributed by atoms with E-state index in [0.717, 1.165) is 0 Å². The van der Waals surface area contributed by atoms with Gasteiger partial charge in [-0.05, 0) is 39.3 Å². The highest BCUT2D eigenvalue weighted by Gasteiger charge is 2.41. The topological polar surface area (TPSA) is 21.6 Å². The fourth-order valence-corrected chi connectivity index (χ4v) is 2.35. The molecule has 20 heavy (non-hydrogen) atoms. The van der Waals surface area contributed by atoms with E-state index >= 15 is 0 Å². The molecule has 0 atom stereocenters. The Hall–Kier alpha value is 0.201. The van der Waals surface area contributed by atoms with Gasteiger partial charge in [-0.25, -0.2) is 0 Å². The molecule has 0 spiro atoms. The minimum absolute atomic E-state index is 1.04. The zero-order chi connectivity index (χ0) is 17.0. The van der Waals surface area contributed by atoms with Crippen molar-refractivity contribution in [2.45, 2.75) is 65.1 Å². The molecule has 0 aliphatic heterocycles. The first-order valence-electron chi connectivity index (χ1n) is 6.36. The molecule has 0 N–H and O–H groups in total. The van der Waals surface area contributed by atoms with Crippen LogP contribution in [0.3, 0.4) is 0 Å². The highest BCUT2D eigenvalue weighted by atomic mass is 35.6. The molecule has 0 saturated heterocycles. The fourth-order valence-electron chi connectivity index (χ4n) is 0.739. The number of alkyl halides is 3. The average molecular weight is 366 g/mol. The first kappa shape index (κ1) is 22.5. The van der Waals surface area contributed by atoms with Gasteiger partial charge in [-0.15, -0.1) is 0 Å². The summed E-state index contributed by atoms with van der Waals surface area (Å²) in [5.41, 5.74) is 0. The van der Waals surface area contributed by atoms with E-state index < -0.39 is 36.0 Å². The van der Waals surface area contributed by atoms with Crippen molar-refractivity contribution in [3.05, 3.63) is 0 Å². The Morgan fingerprint density at radius 2 is 1.20 bits per heavy atom. The molecule has 0 bridgehead atoms. The van der Waals surface area contributed by atoms with E-state index in [0.29, 0.717) is 0 Å². The lowest BCUT2D eigenvalue weighted by Crippen LogP contribution is -2.39. The normalized spacial score (nSPS) is 14.6. The van der Waals surface area contributed by atoms with E-state index in [-0.39, 0.29) is 0 Å². The molecule has 0 fully saturated rings. The lowest BCUT2D eigenvalue weighted by atomic mass is 10.7. The molecule has 0 heterocycles. The van der Waals surface area contributed by atoms with E-state index in [1.54, 1.807) is 39.3 Å². The first-order valence-corrected chi connectivity index (χ1v) is 17.7. The third-order valence-electron chi connectivity index (χ3n) is 1.08. The van der Waals surface area contributed by atoms with Gasteiger partial charge < -0.3 is 4.43 Å². The smallest absolute Gasteiger partial charge is 0.465 e. The maximum Gasteiger partial charge on any atom is 0.465 e. The van der Waals surface area contributed by atoms with Gasteiger partial charge in [-0.1, -0.05) is 19.6 Å². The molecule has 9 heteroatoms. The van der Waals surface area contributed by atoms with Gasteiger partial charge in [0, 0.05) is 0 Å². The van der Waals surface area contributed by atoms with Gasteiger partial charge in [0.05, 0.1) is 0 Å². The first-order chi connectivity index (χ1) is 8.31. The maximum atomic E-state index is 12.6. The van der Waals surface area contributed by atoms with Gasteiger partial charge in [0.2, 0.25) is 8.32 Å². The predicted octanol–water partition coefficient (Wildman–Crippen LogP) is 5.69. The monoisotopic (exact) mass is 365 g/mol. The molecule has 0 saturated carbocycles. The number of halogens is 4. The zero-order valence-corrected chi connectivity index (χ0v) is 17.6. The van der Waals surface area contributed by atoms with Crippen LogP contribution < -0.4 is 0 Å². The Labute approximate surface area is 128 Å². The van der Waals surface area contributed by atoms with Crippen LogP contribution >= 0.6 is 11.1 Å². The molecule has 122 valence electrons. The highest BCUT2D eigenvalue weighted by Crippen LogP contribution is 2.23. The second-order valence-corrected chi connectivity index (χ2v) is 23.9. The van der Waals surface area contributed by atoms with Crippen LogP contribution in [0, 0.1) is 0 Å².